The van der Waals surface area contributed by atoms with Crippen molar-refractivity contribution in [2.45, 2.75) is 6.54 Å². The Morgan fingerprint density at radius 1 is 0.903 bits per heavy atom. The van der Waals surface area contributed by atoms with Crippen molar-refractivity contribution in [1.82, 2.24) is 20.1 Å². The number of para-hydroxylation sites is 1. The lowest BCUT2D eigenvalue weighted by molar-refractivity contribution is -0.136. The Kier molecular flexibility index (Phi) is 5.79. The molecule has 0 fully saturated rings. The minimum atomic E-state index is -0.840. The number of rotatable bonds is 5. The van der Waals surface area contributed by atoms with Gasteiger partial charge in [-0.2, -0.15) is 5.10 Å². The molecule has 0 radical (unpaired) electrons. The van der Waals surface area contributed by atoms with E-state index in [1.165, 1.54) is 24.3 Å². The molecule has 0 saturated carbocycles. The average Bonchev–Trinajstić information content (AvgIpc) is 3.24. The van der Waals surface area contributed by atoms with E-state index in [1.807, 2.05) is 48.7 Å². The van der Waals surface area contributed by atoms with Crippen molar-refractivity contribution in [3.05, 3.63) is 96.7 Å². The van der Waals surface area contributed by atoms with E-state index in [0.717, 1.165) is 16.8 Å². The van der Waals surface area contributed by atoms with Gasteiger partial charge in [0.25, 0.3) is 0 Å². The van der Waals surface area contributed by atoms with Gasteiger partial charge in [-0.3, -0.25) is 14.6 Å². The van der Waals surface area contributed by atoms with Crippen molar-refractivity contribution in [2.75, 3.05) is 5.32 Å². The van der Waals surface area contributed by atoms with E-state index in [0.29, 0.717) is 11.4 Å². The number of nitrogens with zero attached hydrogens (tertiary/aromatic N) is 3. The third kappa shape index (κ3) is 4.81. The summed E-state index contributed by atoms with van der Waals surface area (Å²) >= 11 is 0. The lowest BCUT2D eigenvalue weighted by Gasteiger charge is -2.07. The maximum absolute atomic E-state index is 13.0. The monoisotopic (exact) mass is 415 g/mol. The third-order valence-electron chi connectivity index (χ3n) is 4.51. The fraction of sp³-hybridized carbons (Fsp3) is 0.0435. The number of carbonyl (C=O) groups is 2. The van der Waals surface area contributed by atoms with Crippen molar-refractivity contribution in [3.63, 3.8) is 0 Å². The van der Waals surface area contributed by atoms with Gasteiger partial charge in [-0.05, 0) is 48.5 Å². The molecule has 0 aliphatic rings. The van der Waals surface area contributed by atoms with Gasteiger partial charge in [0.1, 0.15) is 5.82 Å². The molecule has 0 aliphatic carbocycles. The minimum Gasteiger partial charge on any atom is -0.344 e. The molecule has 2 amide bonds. The number of amides is 2. The van der Waals surface area contributed by atoms with Crippen LogP contribution in [-0.4, -0.2) is 26.6 Å². The van der Waals surface area contributed by atoms with Crippen LogP contribution in [0.1, 0.15) is 5.56 Å². The van der Waals surface area contributed by atoms with E-state index >= 15 is 0 Å². The van der Waals surface area contributed by atoms with E-state index in [4.69, 9.17) is 0 Å². The molecular formula is C23H18FN5O2. The molecule has 2 heterocycles. The molecule has 4 rings (SSSR count). The third-order valence-corrected chi connectivity index (χ3v) is 4.51. The van der Waals surface area contributed by atoms with Gasteiger partial charge in [-0.1, -0.05) is 18.2 Å². The highest BCUT2D eigenvalue weighted by Gasteiger charge is 2.17. The predicted molar refractivity (Wildman–Crippen MR) is 114 cm³/mol. The largest absolute Gasteiger partial charge is 0.344 e. The molecule has 0 bridgehead atoms. The Labute approximate surface area is 177 Å². The summed E-state index contributed by atoms with van der Waals surface area (Å²) in [6.07, 6.45) is 5.13. The Morgan fingerprint density at radius 2 is 1.61 bits per heavy atom. The highest BCUT2D eigenvalue weighted by Crippen LogP contribution is 2.23. The molecule has 2 aromatic heterocycles. The van der Waals surface area contributed by atoms with E-state index in [1.54, 1.807) is 17.1 Å². The molecule has 0 unspecified atom stereocenters. The van der Waals surface area contributed by atoms with E-state index in [9.17, 15) is 14.0 Å². The van der Waals surface area contributed by atoms with Crippen LogP contribution in [0.2, 0.25) is 0 Å². The number of hydrogen-bond donors (Lipinski definition) is 2. The summed E-state index contributed by atoms with van der Waals surface area (Å²) in [7, 11) is 0. The summed E-state index contributed by atoms with van der Waals surface area (Å²) in [5.41, 5.74) is 3.44. The molecule has 4 aromatic rings. The van der Waals surface area contributed by atoms with E-state index in [-0.39, 0.29) is 6.54 Å². The lowest BCUT2D eigenvalue weighted by Crippen LogP contribution is -2.35. The zero-order chi connectivity index (χ0) is 21.6. The molecular weight excluding hydrogens is 397 g/mol. The second-order valence-corrected chi connectivity index (χ2v) is 6.66. The molecule has 0 saturated heterocycles. The first-order chi connectivity index (χ1) is 15.1. The molecule has 2 aromatic carbocycles. The SMILES string of the molecule is O=C(NCc1cn(-c2ccccc2)nc1-c1ccncc1)C(=O)Nc1ccc(F)cc1. The summed E-state index contributed by atoms with van der Waals surface area (Å²) < 4.78 is 14.7. The van der Waals surface area contributed by atoms with Crippen LogP contribution >= 0.6 is 0 Å². The zero-order valence-electron chi connectivity index (χ0n) is 16.3. The van der Waals surface area contributed by atoms with Gasteiger partial charge in [-0.25, -0.2) is 9.07 Å². The maximum atomic E-state index is 13.0. The van der Waals surface area contributed by atoms with Gasteiger partial charge in [0, 0.05) is 41.9 Å². The summed E-state index contributed by atoms with van der Waals surface area (Å²) in [4.78, 5) is 28.5. The van der Waals surface area contributed by atoms with Gasteiger partial charge in [-0.15, -0.1) is 0 Å². The smallest absolute Gasteiger partial charge is 0.313 e. The first-order valence-electron chi connectivity index (χ1n) is 9.49. The average molecular weight is 415 g/mol. The number of nitrogens with one attached hydrogen (secondary N) is 2. The zero-order valence-corrected chi connectivity index (χ0v) is 16.3. The fourth-order valence-corrected chi connectivity index (χ4v) is 2.98. The van der Waals surface area contributed by atoms with Crippen molar-refractivity contribution < 1.29 is 14.0 Å². The predicted octanol–water partition coefficient (Wildman–Crippen LogP) is 3.33. The summed E-state index contributed by atoms with van der Waals surface area (Å²) in [5.74, 6) is -2.08. The van der Waals surface area contributed by atoms with Crippen LogP contribution in [0.25, 0.3) is 16.9 Å². The number of aromatic nitrogens is 3. The molecule has 0 spiro atoms. The first kappa shape index (κ1) is 20.0. The Bertz CT molecular complexity index is 1190. The van der Waals surface area contributed by atoms with Gasteiger partial charge >= 0.3 is 11.8 Å². The van der Waals surface area contributed by atoms with Gasteiger partial charge in [0.2, 0.25) is 0 Å². The van der Waals surface area contributed by atoms with Crippen LogP contribution in [0.5, 0.6) is 0 Å². The van der Waals surface area contributed by atoms with Crippen molar-refractivity contribution >= 4 is 17.5 Å². The summed E-state index contributed by atoms with van der Waals surface area (Å²) in [6.45, 7) is 0.0974. The van der Waals surface area contributed by atoms with Crippen LogP contribution in [0.3, 0.4) is 0 Å². The number of hydrogen-bond acceptors (Lipinski definition) is 4. The number of carbonyl (C=O) groups excluding carboxylic acids is 2. The Hall–Kier alpha value is -4.33. The van der Waals surface area contributed by atoms with Gasteiger partial charge in [0.15, 0.2) is 0 Å². The molecule has 0 atom stereocenters. The quantitative estimate of drug-likeness (QED) is 0.490. The van der Waals surface area contributed by atoms with Crippen molar-refractivity contribution in [3.8, 4) is 16.9 Å². The van der Waals surface area contributed by atoms with Crippen LogP contribution in [0.15, 0.2) is 85.3 Å². The molecule has 31 heavy (non-hydrogen) atoms. The van der Waals surface area contributed by atoms with Gasteiger partial charge in [0.05, 0.1) is 11.4 Å². The summed E-state index contributed by atoms with van der Waals surface area (Å²) in [6, 6.07) is 18.4. The standard InChI is InChI=1S/C23H18FN5O2/c24-18-6-8-19(9-7-18)27-23(31)22(30)26-14-17-15-29(20-4-2-1-3-5-20)28-21(17)16-10-12-25-13-11-16/h1-13,15H,14H2,(H,26,30)(H,27,31). The molecule has 0 aliphatic heterocycles. The van der Waals surface area contributed by atoms with E-state index in [2.05, 4.69) is 20.7 Å². The molecule has 8 heteroatoms. The normalized spacial score (nSPS) is 10.5. The number of halogens is 1. The summed E-state index contributed by atoms with van der Waals surface area (Å²) in [5, 5.41) is 9.70. The van der Waals surface area contributed by atoms with Crippen molar-refractivity contribution in [2.24, 2.45) is 0 Å². The Morgan fingerprint density at radius 3 is 2.32 bits per heavy atom. The molecule has 7 nitrogen and oxygen atoms in total. The maximum Gasteiger partial charge on any atom is 0.313 e. The van der Waals surface area contributed by atoms with Gasteiger partial charge < -0.3 is 10.6 Å². The Balaban J connectivity index is 1.51. The lowest BCUT2D eigenvalue weighted by atomic mass is 10.1. The fourth-order valence-electron chi connectivity index (χ4n) is 2.98. The number of benzene rings is 2. The second-order valence-electron chi connectivity index (χ2n) is 6.66. The topological polar surface area (TPSA) is 88.9 Å². The van der Waals surface area contributed by atoms with Crippen LogP contribution in [-0.2, 0) is 16.1 Å². The highest BCUT2D eigenvalue weighted by molar-refractivity contribution is 6.39. The second kappa shape index (κ2) is 9.00. The van der Waals surface area contributed by atoms with E-state index < -0.39 is 17.6 Å². The first-order valence-corrected chi connectivity index (χ1v) is 9.49. The van der Waals surface area contributed by atoms with Crippen LogP contribution < -0.4 is 10.6 Å². The number of anilines is 1. The van der Waals surface area contributed by atoms with Crippen LogP contribution in [0, 0.1) is 5.82 Å². The number of pyridine rings is 1. The molecule has 2 N–H and O–H groups in total. The minimum absolute atomic E-state index is 0.0974. The van der Waals surface area contributed by atoms with Crippen molar-refractivity contribution in [1.29, 1.82) is 0 Å². The molecule has 154 valence electrons. The highest BCUT2D eigenvalue weighted by atomic mass is 19.1. The van der Waals surface area contributed by atoms with Crippen LogP contribution in [0.4, 0.5) is 10.1 Å².